The van der Waals surface area contributed by atoms with Gasteiger partial charge in [-0.05, 0) is 57.0 Å². The molecule has 2 amide bonds. The van der Waals surface area contributed by atoms with E-state index in [1.54, 1.807) is 36.6 Å². The van der Waals surface area contributed by atoms with Crippen LogP contribution in [0.4, 0.5) is 0 Å². The molecule has 2 fully saturated rings. The lowest BCUT2D eigenvalue weighted by atomic mass is 9.96. The number of benzene rings is 1. The Morgan fingerprint density at radius 2 is 1.83 bits per heavy atom. The number of para-hydroxylation sites is 1. The van der Waals surface area contributed by atoms with E-state index in [9.17, 15) is 14.4 Å². The van der Waals surface area contributed by atoms with Gasteiger partial charge in [-0.15, -0.1) is 0 Å². The maximum absolute atomic E-state index is 13.3. The third-order valence-corrected chi connectivity index (χ3v) is 7.69. The molecule has 0 spiro atoms. The third kappa shape index (κ3) is 5.28. The van der Waals surface area contributed by atoms with Gasteiger partial charge in [0.15, 0.2) is 0 Å². The van der Waals surface area contributed by atoms with Crippen LogP contribution in [0.3, 0.4) is 0 Å². The van der Waals surface area contributed by atoms with Gasteiger partial charge in [0, 0.05) is 58.3 Å². The average molecular weight is 483 g/mol. The molecular weight excluding hydrogens is 444 g/mol. The molecule has 1 aromatic heterocycles. The first-order valence-electron chi connectivity index (χ1n) is 12.6. The van der Waals surface area contributed by atoms with Crippen LogP contribution in [-0.4, -0.2) is 77.7 Å². The topological polar surface area (TPSA) is 83.9 Å². The van der Waals surface area contributed by atoms with Crippen molar-refractivity contribution in [2.75, 3.05) is 27.2 Å². The summed E-state index contributed by atoms with van der Waals surface area (Å²) in [4.78, 5) is 42.3. The van der Waals surface area contributed by atoms with Gasteiger partial charge in [-0.1, -0.05) is 18.2 Å². The highest BCUT2D eigenvalue weighted by molar-refractivity contribution is 5.97. The minimum absolute atomic E-state index is 0.0293. The van der Waals surface area contributed by atoms with E-state index in [2.05, 4.69) is 10.2 Å². The Hall–Kier alpha value is -2.71. The van der Waals surface area contributed by atoms with Crippen LogP contribution in [0.25, 0.3) is 10.9 Å². The maximum atomic E-state index is 13.3. The Kier molecular flexibility index (Phi) is 7.62. The molecule has 8 heteroatoms. The van der Waals surface area contributed by atoms with Crippen molar-refractivity contribution in [3.8, 4) is 0 Å². The predicted octanol–water partition coefficient (Wildman–Crippen LogP) is 2.80. The number of rotatable bonds is 8. The van der Waals surface area contributed by atoms with E-state index < -0.39 is 0 Å². The van der Waals surface area contributed by atoms with Crippen molar-refractivity contribution in [3.63, 3.8) is 0 Å². The van der Waals surface area contributed by atoms with Crippen molar-refractivity contribution in [1.29, 1.82) is 0 Å². The van der Waals surface area contributed by atoms with Crippen molar-refractivity contribution in [1.82, 2.24) is 19.7 Å². The number of methoxy groups -OCH3 is 1. The van der Waals surface area contributed by atoms with Crippen LogP contribution < -0.4 is 10.9 Å². The van der Waals surface area contributed by atoms with Crippen molar-refractivity contribution in [2.45, 2.75) is 76.7 Å². The third-order valence-electron chi connectivity index (χ3n) is 7.69. The standard InChI is InChI=1S/C27H38N4O4/c1-17(2)31-25-9-7-6-8-19(25)12-24(27(31)34)26(33)28-20-13-21-10-11-22(14-20)30(21)16-23(35-5)15-29(4)18(3)32/h6-9,12,17,20-23H,10-11,13-16H2,1-5H3,(H,28,33)/t21-,22-,23?/m0/s1. The zero-order chi connectivity index (χ0) is 25.3. The van der Waals surface area contributed by atoms with E-state index in [0.29, 0.717) is 18.6 Å². The SMILES string of the molecule is COC(CN(C)C(C)=O)CN1[C@H]2CC[C@H]1CC(NC(=O)c1cc3ccccc3n(C(C)C)c1=O)C2. The number of ether oxygens (including phenoxy) is 1. The number of aromatic nitrogens is 1. The molecule has 1 N–H and O–H groups in total. The number of pyridine rings is 1. The summed E-state index contributed by atoms with van der Waals surface area (Å²) in [5.41, 5.74) is 0.812. The summed E-state index contributed by atoms with van der Waals surface area (Å²) in [5, 5.41) is 4.07. The molecule has 35 heavy (non-hydrogen) atoms. The fraction of sp³-hybridized carbons (Fsp3) is 0.593. The fourth-order valence-corrected chi connectivity index (χ4v) is 5.79. The van der Waals surface area contributed by atoms with Crippen molar-refractivity contribution in [2.24, 2.45) is 0 Å². The fourth-order valence-electron chi connectivity index (χ4n) is 5.79. The van der Waals surface area contributed by atoms with Gasteiger partial charge in [-0.25, -0.2) is 0 Å². The number of carbonyl (C=O) groups excluding carboxylic acids is 2. The van der Waals surface area contributed by atoms with Crippen LogP contribution in [-0.2, 0) is 9.53 Å². The van der Waals surface area contributed by atoms with Crippen molar-refractivity contribution >= 4 is 22.7 Å². The van der Waals surface area contributed by atoms with Gasteiger partial charge in [0.2, 0.25) is 5.91 Å². The first-order chi connectivity index (χ1) is 16.7. The Bertz CT molecular complexity index is 1130. The number of hydrogen-bond acceptors (Lipinski definition) is 5. The lowest BCUT2D eigenvalue weighted by Crippen LogP contribution is -2.53. The summed E-state index contributed by atoms with van der Waals surface area (Å²) >= 11 is 0. The molecule has 3 heterocycles. The number of nitrogens with one attached hydrogen (secondary N) is 1. The van der Waals surface area contributed by atoms with E-state index in [0.717, 1.165) is 43.1 Å². The number of carbonyl (C=O) groups is 2. The van der Waals surface area contributed by atoms with Gasteiger partial charge in [-0.3, -0.25) is 19.3 Å². The van der Waals surface area contributed by atoms with E-state index in [-0.39, 0.29) is 41.1 Å². The smallest absolute Gasteiger partial charge is 0.264 e. The van der Waals surface area contributed by atoms with Crippen LogP contribution in [0.2, 0.25) is 0 Å². The Balaban J connectivity index is 1.46. The second-order valence-electron chi connectivity index (χ2n) is 10.4. The molecule has 2 aromatic rings. The molecule has 1 aromatic carbocycles. The van der Waals surface area contributed by atoms with Gasteiger partial charge < -0.3 is 19.5 Å². The van der Waals surface area contributed by atoms with Gasteiger partial charge in [0.25, 0.3) is 11.5 Å². The van der Waals surface area contributed by atoms with Crippen LogP contribution in [0, 0.1) is 0 Å². The predicted molar refractivity (Wildman–Crippen MR) is 137 cm³/mol. The number of amides is 2. The Morgan fingerprint density at radius 1 is 1.17 bits per heavy atom. The molecule has 4 rings (SSSR count). The Morgan fingerprint density at radius 3 is 2.43 bits per heavy atom. The van der Waals surface area contributed by atoms with Gasteiger partial charge in [-0.2, -0.15) is 0 Å². The number of fused-ring (bicyclic) bond motifs is 3. The summed E-state index contributed by atoms with van der Waals surface area (Å²) in [6, 6.07) is 10.2. The molecule has 0 aliphatic carbocycles. The summed E-state index contributed by atoms with van der Waals surface area (Å²) in [6.07, 6.45) is 3.84. The zero-order valence-electron chi connectivity index (χ0n) is 21.5. The second-order valence-corrected chi connectivity index (χ2v) is 10.4. The average Bonchev–Trinajstić information content (AvgIpc) is 3.04. The molecule has 1 unspecified atom stereocenters. The molecule has 0 radical (unpaired) electrons. The molecule has 2 bridgehead atoms. The lowest BCUT2D eigenvalue weighted by molar-refractivity contribution is -0.129. The molecule has 3 atom stereocenters. The molecule has 0 saturated carbocycles. The number of likely N-dealkylation sites (N-methyl/N-ethyl adjacent to an activating group) is 1. The van der Waals surface area contributed by atoms with Crippen molar-refractivity contribution in [3.05, 3.63) is 46.2 Å². The summed E-state index contributed by atoms with van der Waals surface area (Å²) in [5.74, 6) is -0.257. The summed E-state index contributed by atoms with van der Waals surface area (Å²) in [6.45, 7) is 6.82. The molecule has 2 saturated heterocycles. The molecule has 190 valence electrons. The lowest BCUT2D eigenvalue weighted by Gasteiger charge is -2.41. The van der Waals surface area contributed by atoms with Gasteiger partial charge >= 0.3 is 0 Å². The highest BCUT2D eigenvalue weighted by Crippen LogP contribution is 2.36. The van der Waals surface area contributed by atoms with Crippen LogP contribution in [0.5, 0.6) is 0 Å². The summed E-state index contributed by atoms with van der Waals surface area (Å²) < 4.78 is 7.39. The minimum Gasteiger partial charge on any atom is -0.378 e. The minimum atomic E-state index is -0.286. The van der Waals surface area contributed by atoms with E-state index in [4.69, 9.17) is 4.74 Å². The van der Waals surface area contributed by atoms with E-state index >= 15 is 0 Å². The largest absolute Gasteiger partial charge is 0.378 e. The molecule has 2 aliphatic rings. The van der Waals surface area contributed by atoms with Gasteiger partial charge in [0.1, 0.15) is 5.56 Å². The quantitative estimate of drug-likeness (QED) is 0.626. The normalized spacial score (nSPS) is 23.0. The highest BCUT2D eigenvalue weighted by Gasteiger charge is 2.42. The second kappa shape index (κ2) is 10.5. The molecular formula is C27H38N4O4. The Labute approximate surface area is 207 Å². The molecule has 8 nitrogen and oxygen atoms in total. The van der Waals surface area contributed by atoms with Gasteiger partial charge in [0.05, 0.1) is 11.6 Å². The molecule has 2 aliphatic heterocycles. The number of piperidine rings is 1. The first kappa shape index (κ1) is 25.4. The first-order valence-corrected chi connectivity index (χ1v) is 12.6. The van der Waals surface area contributed by atoms with Crippen LogP contribution in [0.1, 0.15) is 62.9 Å². The van der Waals surface area contributed by atoms with E-state index in [1.807, 2.05) is 38.1 Å². The summed E-state index contributed by atoms with van der Waals surface area (Å²) in [7, 11) is 3.49. The van der Waals surface area contributed by atoms with Crippen molar-refractivity contribution < 1.29 is 14.3 Å². The maximum Gasteiger partial charge on any atom is 0.264 e. The number of hydrogen-bond donors (Lipinski definition) is 1. The highest BCUT2D eigenvalue weighted by atomic mass is 16.5. The van der Waals surface area contributed by atoms with E-state index in [1.165, 1.54) is 0 Å². The van der Waals surface area contributed by atoms with Crippen LogP contribution >= 0.6 is 0 Å². The van der Waals surface area contributed by atoms with Crippen LogP contribution in [0.15, 0.2) is 35.1 Å². The zero-order valence-corrected chi connectivity index (χ0v) is 21.5. The number of nitrogens with zero attached hydrogens (tertiary/aromatic N) is 3. The monoisotopic (exact) mass is 482 g/mol.